The summed E-state index contributed by atoms with van der Waals surface area (Å²) in [5.41, 5.74) is 0.758. The molecule has 8 heteroatoms. The van der Waals surface area contributed by atoms with E-state index >= 15 is 0 Å². The quantitative estimate of drug-likeness (QED) is 0.805. The van der Waals surface area contributed by atoms with Crippen LogP contribution in [0.1, 0.15) is 19.4 Å². The molecule has 0 spiro atoms. The lowest BCUT2D eigenvalue weighted by atomic mass is 10.1. The average Bonchev–Trinajstić information content (AvgIpc) is 2.77. The van der Waals surface area contributed by atoms with Crippen molar-refractivity contribution in [3.63, 3.8) is 0 Å². The van der Waals surface area contributed by atoms with Crippen LogP contribution in [0.2, 0.25) is 0 Å². The van der Waals surface area contributed by atoms with E-state index in [-0.39, 0.29) is 44.6 Å². The van der Waals surface area contributed by atoms with Crippen molar-refractivity contribution in [1.82, 2.24) is 9.80 Å². The van der Waals surface area contributed by atoms with Crippen molar-refractivity contribution in [1.29, 1.82) is 0 Å². The van der Waals surface area contributed by atoms with Crippen LogP contribution in [0.3, 0.4) is 0 Å². The van der Waals surface area contributed by atoms with Gasteiger partial charge in [-0.25, -0.2) is 4.79 Å². The Hall–Kier alpha value is -2.48. The van der Waals surface area contributed by atoms with Crippen LogP contribution in [0.5, 0.6) is 11.5 Å². The van der Waals surface area contributed by atoms with Crippen LogP contribution in [0.15, 0.2) is 18.2 Å². The second-order valence-electron chi connectivity index (χ2n) is 6.93. The number of carbonyl (C=O) groups excluding carboxylic acids is 2. The Morgan fingerprint density at radius 2 is 2.00 bits per heavy atom. The van der Waals surface area contributed by atoms with Crippen molar-refractivity contribution < 1.29 is 28.9 Å². The molecule has 1 aromatic carbocycles. The van der Waals surface area contributed by atoms with E-state index in [1.165, 1.54) is 16.9 Å². The van der Waals surface area contributed by atoms with E-state index in [0.717, 1.165) is 5.56 Å². The monoisotopic (exact) mass is 380 g/mol. The molecule has 1 heterocycles. The van der Waals surface area contributed by atoms with Gasteiger partial charge in [0.05, 0.1) is 33.5 Å². The molecular weight excluding hydrogens is 352 g/mol. The van der Waals surface area contributed by atoms with E-state index in [0.29, 0.717) is 11.5 Å². The SMILES string of the molecule is COc1cccc(CN2CC(O)CN(C(=O)OCC(C)C)CC2=O)c1OC. The second-order valence-corrected chi connectivity index (χ2v) is 6.93. The van der Waals surface area contributed by atoms with Gasteiger partial charge in [0, 0.05) is 18.7 Å². The molecule has 1 N–H and O–H groups in total. The van der Waals surface area contributed by atoms with Gasteiger partial charge in [0.2, 0.25) is 5.91 Å². The smallest absolute Gasteiger partial charge is 0.410 e. The first-order valence-electron chi connectivity index (χ1n) is 8.93. The fourth-order valence-electron chi connectivity index (χ4n) is 2.90. The van der Waals surface area contributed by atoms with E-state index in [9.17, 15) is 14.7 Å². The van der Waals surface area contributed by atoms with Gasteiger partial charge in [0.15, 0.2) is 11.5 Å². The third kappa shape index (κ3) is 5.50. The van der Waals surface area contributed by atoms with Gasteiger partial charge in [-0.05, 0) is 12.0 Å². The fourth-order valence-corrected chi connectivity index (χ4v) is 2.90. The van der Waals surface area contributed by atoms with Crippen molar-refractivity contribution in [2.75, 3.05) is 40.5 Å². The van der Waals surface area contributed by atoms with Crippen molar-refractivity contribution >= 4 is 12.0 Å². The standard InChI is InChI=1S/C19H28N2O6/c1-13(2)12-27-19(24)21-10-15(22)9-20(17(23)11-21)8-14-6-5-7-16(25-3)18(14)26-4/h5-7,13,15,22H,8-12H2,1-4H3. The van der Waals surface area contributed by atoms with Gasteiger partial charge in [0.1, 0.15) is 6.54 Å². The minimum absolute atomic E-state index is 0.0500. The van der Waals surface area contributed by atoms with Crippen LogP contribution >= 0.6 is 0 Å². The van der Waals surface area contributed by atoms with Gasteiger partial charge in [-0.2, -0.15) is 0 Å². The summed E-state index contributed by atoms with van der Waals surface area (Å²) in [4.78, 5) is 27.6. The number of benzene rings is 1. The van der Waals surface area contributed by atoms with Gasteiger partial charge < -0.3 is 24.2 Å². The number of para-hydroxylation sites is 1. The lowest BCUT2D eigenvalue weighted by molar-refractivity contribution is -0.132. The Labute approximate surface area is 159 Å². The first kappa shape index (κ1) is 20.8. The molecule has 0 aromatic heterocycles. The second kappa shape index (κ2) is 9.45. The number of aliphatic hydroxyl groups is 1. The number of nitrogens with zero attached hydrogens (tertiary/aromatic N) is 2. The minimum atomic E-state index is -0.861. The number of β-amino-alcohol motifs (C(OH)–C–C–N with tert-alkyl or cyclic N) is 1. The number of amides is 2. The van der Waals surface area contributed by atoms with Crippen molar-refractivity contribution in [2.45, 2.75) is 26.5 Å². The summed E-state index contributed by atoms with van der Waals surface area (Å²) in [5.74, 6) is 1.04. The fraction of sp³-hybridized carbons (Fsp3) is 0.579. The maximum absolute atomic E-state index is 12.7. The van der Waals surface area contributed by atoms with E-state index in [4.69, 9.17) is 14.2 Å². The summed E-state index contributed by atoms with van der Waals surface area (Å²) in [6, 6.07) is 5.42. The summed E-state index contributed by atoms with van der Waals surface area (Å²) in [6.45, 7) is 4.40. The molecule has 1 unspecified atom stereocenters. The summed E-state index contributed by atoms with van der Waals surface area (Å²) in [7, 11) is 3.08. The van der Waals surface area contributed by atoms with Crippen molar-refractivity contribution in [3.8, 4) is 11.5 Å². The van der Waals surface area contributed by atoms with Crippen LogP contribution in [-0.2, 0) is 16.1 Å². The zero-order valence-electron chi connectivity index (χ0n) is 16.3. The van der Waals surface area contributed by atoms with Gasteiger partial charge in [-0.15, -0.1) is 0 Å². The highest BCUT2D eigenvalue weighted by Gasteiger charge is 2.31. The molecule has 0 bridgehead atoms. The third-order valence-electron chi connectivity index (χ3n) is 4.19. The lowest BCUT2D eigenvalue weighted by Gasteiger charge is -2.23. The molecule has 0 aliphatic carbocycles. The summed E-state index contributed by atoms with van der Waals surface area (Å²) in [5, 5.41) is 10.3. The zero-order valence-corrected chi connectivity index (χ0v) is 16.3. The number of aliphatic hydroxyl groups excluding tert-OH is 1. The molecule has 150 valence electrons. The van der Waals surface area contributed by atoms with E-state index in [1.54, 1.807) is 13.2 Å². The molecule has 1 aliphatic heterocycles. The first-order valence-corrected chi connectivity index (χ1v) is 8.93. The van der Waals surface area contributed by atoms with E-state index in [2.05, 4.69) is 0 Å². The average molecular weight is 380 g/mol. The van der Waals surface area contributed by atoms with E-state index in [1.807, 2.05) is 26.0 Å². The largest absolute Gasteiger partial charge is 0.493 e. The van der Waals surface area contributed by atoms with Gasteiger partial charge >= 0.3 is 6.09 Å². The summed E-state index contributed by atoms with van der Waals surface area (Å²) < 4.78 is 15.9. The van der Waals surface area contributed by atoms with Crippen molar-refractivity contribution in [3.05, 3.63) is 23.8 Å². The predicted molar refractivity (Wildman–Crippen MR) is 98.7 cm³/mol. The maximum Gasteiger partial charge on any atom is 0.410 e. The van der Waals surface area contributed by atoms with Gasteiger partial charge in [-0.1, -0.05) is 26.0 Å². The molecule has 2 amide bonds. The molecular formula is C19H28N2O6. The maximum atomic E-state index is 12.7. The third-order valence-corrected chi connectivity index (χ3v) is 4.19. The highest BCUT2D eigenvalue weighted by atomic mass is 16.6. The zero-order chi connectivity index (χ0) is 20.0. The molecule has 1 aliphatic rings. The Morgan fingerprint density at radius 1 is 1.26 bits per heavy atom. The van der Waals surface area contributed by atoms with Crippen LogP contribution in [0.25, 0.3) is 0 Å². The van der Waals surface area contributed by atoms with Crippen molar-refractivity contribution in [2.24, 2.45) is 5.92 Å². The normalized spacial score (nSPS) is 17.7. The predicted octanol–water partition coefficient (Wildman–Crippen LogP) is 1.50. The Bertz CT molecular complexity index is 664. The summed E-state index contributed by atoms with van der Waals surface area (Å²) >= 11 is 0. The van der Waals surface area contributed by atoms with Crippen LogP contribution < -0.4 is 9.47 Å². The highest BCUT2D eigenvalue weighted by Crippen LogP contribution is 2.31. The molecule has 1 aromatic rings. The molecule has 1 fully saturated rings. The number of ether oxygens (including phenoxy) is 3. The van der Waals surface area contributed by atoms with Crippen LogP contribution in [-0.4, -0.2) is 73.5 Å². The van der Waals surface area contributed by atoms with Crippen LogP contribution in [0, 0.1) is 5.92 Å². The molecule has 1 atom stereocenters. The number of carbonyl (C=O) groups is 2. The molecule has 0 radical (unpaired) electrons. The minimum Gasteiger partial charge on any atom is -0.493 e. The number of hydrogen-bond acceptors (Lipinski definition) is 6. The first-order chi connectivity index (χ1) is 12.8. The molecule has 8 nitrogen and oxygen atoms in total. The highest BCUT2D eigenvalue weighted by molar-refractivity contribution is 5.83. The Kier molecular flexibility index (Phi) is 7.29. The lowest BCUT2D eigenvalue weighted by Crippen LogP contribution is -2.40. The Balaban J connectivity index is 2.12. The number of methoxy groups -OCH3 is 2. The topological polar surface area (TPSA) is 88.5 Å². The number of rotatable bonds is 6. The number of hydrogen-bond donors (Lipinski definition) is 1. The molecule has 1 saturated heterocycles. The molecule has 0 saturated carbocycles. The van der Waals surface area contributed by atoms with Crippen LogP contribution in [0.4, 0.5) is 4.79 Å². The molecule has 27 heavy (non-hydrogen) atoms. The van der Waals surface area contributed by atoms with Gasteiger partial charge in [0.25, 0.3) is 0 Å². The van der Waals surface area contributed by atoms with Gasteiger partial charge in [-0.3, -0.25) is 9.69 Å². The molecule has 2 rings (SSSR count). The van der Waals surface area contributed by atoms with E-state index < -0.39 is 12.2 Å². The summed E-state index contributed by atoms with van der Waals surface area (Å²) in [6.07, 6.45) is -1.45. The Morgan fingerprint density at radius 3 is 2.63 bits per heavy atom.